The van der Waals surface area contributed by atoms with Crippen molar-refractivity contribution in [2.24, 2.45) is 4.99 Å². The first-order valence-corrected chi connectivity index (χ1v) is 5.79. The van der Waals surface area contributed by atoms with Crippen LogP contribution >= 0.6 is 11.6 Å². The van der Waals surface area contributed by atoms with Gasteiger partial charge in [-0.3, -0.25) is 0 Å². The van der Waals surface area contributed by atoms with Gasteiger partial charge in [0.1, 0.15) is 16.4 Å². The zero-order valence-electron chi connectivity index (χ0n) is 9.38. The van der Waals surface area contributed by atoms with Crippen molar-refractivity contribution >= 4 is 40.7 Å². The first kappa shape index (κ1) is 11.2. The number of anilines is 1. The van der Waals surface area contributed by atoms with E-state index in [-0.39, 0.29) is 0 Å². The summed E-state index contributed by atoms with van der Waals surface area (Å²) < 4.78 is -0.782. The summed E-state index contributed by atoms with van der Waals surface area (Å²) in [5.74, 6) is 0. The largest absolute Gasteiger partial charge is 0.616 e. The number of halogens is 1. The number of benzene rings is 2. The summed E-state index contributed by atoms with van der Waals surface area (Å²) in [5.41, 5.74) is 7.69. The van der Waals surface area contributed by atoms with Gasteiger partial charge in [-0.15, -0.1) is 0 Å². The highest BCUT2D eigenvalue weighted by Gasteiger charge is 2.33. The number of hydrogen-bond acceptors (Lipinski definition) is 3. The molecule has 0 aliphatic carbocycles. The van der Waals surface area contributed by atoms with Gasteiger partial charge in [0, 0.05) is 17.8 Å². The van der Waals surface area contributed by atoms with E-state index in [1.54, 1.807) is 24.3 Å². The monoisotopic (exact) mass is 259 g/mol. The molecular formula is C13H10ClN3O. The second-order valence-corrected chi connectivity index (χ2v) is 4.52. The molecule has 18 heavy (non-hydrogen) atoms. The van der Waals surface area contributed by atoms with Crippen LogP contribution in [0.1, 0.15) is 0 Å². The van der Waals surface area contributed by atoms with E-state index in [9.17, 15) is 5.21 Å². The number of hydrogen-bond donors (Lipinski definition) is 1. The fourth-order valence-corrected chi connectivity index (χ4v) is 2.43. The smallest absolute Gasteiger partial charge is 0.201 e. The van der Waals surface area contributed by atoms with Crippen LogP contribution < -0.4 is 10.4 Å². The Morgan fingerprint density at radius 3 is 2.61 bits per heavy atom. The molecule has 0 fully saturated rings. The highest BCUT2D eigenvalue weighted by Crippen LogP contribution is 2.48. The lowest BCUT2D eigenvalue weighted by Gasteiger charge is -2.34. The number of quaternary nitrogens is 1. The van der Waals surface area contributed by atoms with Crippen LogP contribution in [0.5, 0.6) is 0 Å². The Bertz CT molecular complexity index is 642. The van der Waals surface area contributed by atoms with Crippen molar-refractivity contribution < 1.29 is 0 Å². The minimum atomic E-state index is -0.782. The maximum atomic E-state index is 12.9. The van der Waals surface area contributed by atoms with E-state index in [4.69, 9.17) is 17.3 Å². The van der Waals surface area contributed by atoms with Crippen molar-refractivity contribution in [3.05, 3.63) is 52.7 Å². The predicted octanol–water partition coefficient (Wildman–Crippen LogP) is 3.73. The van der Waals surface area contributed by atoms with Gasteiger partial charge >= 0.3 is 0 Å². The van der Waals surface area contributed by atoms with E-state index in [0.717, 1.165) is 0 Å². The Morgan fingerprint density at radius 2 is 1.89 bits per heavy atom. The number of nitrogens with zero attached hydrogens (tertiary/aromatic N) is 2. The number of para-hydroxylation sites is 1. The first-order chi connectivity index (χ1) is 8.61. The van der Waals surface area contributed by atoms with Crippen molar-refractivity contribution in [1.29, 1.82) is 0 Å². The fourth-order valence-electron chi connectivity index (χ4n) is 2.08. The maximum absolute atomic E-state index is 12.9. The van der Waals surface area contributed by atoms with Crippen molar-refractivity contribution in [2.45, 2.75) is 0 Å². The van der Waals surface area contributed by atoms with Crippen LogP contribution in [0, 0.1) is 5.21 Å². The van der Waals surface area contributed by atoms with Gasteiger partial charge in [-0.2, -0.15) is 4.99 Å². The molecule has 3 rings (SSSR count). The van der Waals surface area contributed by atoms with Crippen LogP contribution in [0.4, 0.5) is 22.7 Å². The maximum Gasteiger partial charge on any atom is 0.201 e. The summed E-state index contributed by atoms with van der Waals surface area (Å²) in [6.07, 6.45) is 1.32. The third-order valence-corrected chi connectivity index (χ3v) is 3.19. The van der Waals surface area contributed by atoms with E-state index in [1.165, 1.54) is 6.34 Å². The molecule has 1 aliphatic heterocycles. The van der Waals surface area contributed by atoms with Crippen molar-refractivity contribution in [2.75, 3.05) is 5.73 Å². The molecule has 90 valence electrons. The van der Waals surface area contributed by atoms with Gasteiger partial charge in [0.2, 0.25) is 6.34 Å². The normalized spacial score (nSPS) is 21.0. The van der Waals surface area contributed by atoms with Crippen LogP contribution in [0.25, 0.3) is 0 Å². The number of rotatable bonds is 1. The van der Waals surface area contributed by atoms with Crippen molar-refractivity contribution in [3.63, 3.8) is 0 Å². The average molecular weight is 260 g/mol. The predicted molar refractivity (Wildman–Crippen MR) is 75.3 cm³/mol. The van der Waals surface area contributed by atoms with Crippen molar-refractivity contribution in [3.8, 4) is 0 Å². The van der Waals surface area contributed by atoms with Crippen LogP contribution in [0.15, 0.2) is 47.5 Å². The minimum Gasteiger partial charge on any atom is -0.616 e. The molecule has 2 aromatic carbocycles. The average Bonchev–Trinajstić information content (AvgIpc) is 2.69. The molecule has 2 N–H and O–H groups in total. The third-order valence-electron chi connectivity index (χ3n) is 2.90. The Labute approximate surface area is 109 Å². The number of aliphatic imine (C=N–C) groups is 1. The summed E-state index contributed by atoms with van der Waals surface area (Å²) in [6.45, 7) is 0. The molecule has 1 heterocycles. The van der Waals surface area contributed by atoms with E-state index >= 15 is 0 Å². The molecule has 0 radical (unpaired) electrons. The molecule has 0 spiro atoms. The quantitative estimate of drug-likeness (QED) is 0.482. The first-order valence-electron chi connectivity index (χ1n) is 5.41. The molecular weight excluding hydrogens is 250 g/mol. The molecule has 4 nitrogen and oxygen atoms in total. The molecule has 5 heteroatoms. The topological polar surface area (TPSA) is 61.4 Å². The zero-order valence-corrected chi connectivity index (χ0v) is 10.1. The zero-order chi connectivity index (χ0) is 12.8. The highest BCUT2D eigenvalue weighted by molar-refractivity contribution is 6.35. The van der Waals surface area contributed by atoms with Crippen molar-refractivity contribution in [1.82, 2.24) is 4.65 Å². The van der Waals surface area contributed by atoms with Crippen LogP contribution in [-0.4, -0.2) is 6.34 Å². The number of nitrogens with two attached hydrogens (primary N) is 1. The second kappa shape index (κ2) is 3.81. The number of fused-ring (bicyclic) bond motifs is 1. The lowest BCUT2D eigenvalue weighted by Crippen LogP contribution is -2.33. The summed E-state index contributed by atoms with van der Waals surface area (Å²) >= 11 is 6.13. The lowest BCUT2D eigenvalue weighted by atomic mass is 10.2. The number of hydroxylamine groups is 1. The summed E-state index contributed by atoms with van der Waals surface area (Å²) in [4.78, 5) is 4.12. The summed E-state index contributed by atoms with van der Waals surface area (Å²) in [6, 6.07) is 12.2. The van der Waals surface area contributed by atoms with Crippen LogP contribution in [0.2, 0.25) is 5.02 Å². The van der Waals surface area contributed by atoms with E-state index in [0.29, 0.717) is 27.8 Å². The van der Waals surface area contributed by atoms with Gasteiger partial charge in [-0.1, -0.05) is 29.8 Å². The van der Waals surface area contributed by atoms with Gasteiger partial charge in [0.25, 0.3) is 0 Å². The van der Waals surface area contributed by atoms with Gasteiger partial charge in [0.15, 0.2) is 5.69 Å². The molecule has 0 aromatic heterocycles. The van der Waals surface area contributed by atoms with Gasteiger partial charge in [0.05, 0.1) is 0 Å². The van der Waals surface area contributed by atoms with E-state index in [1.807, 2.05) is 18.2 Å². The lowest BCUT2D eigenvalue weighted by molar-refractivity contribution is 0.777. The SMILES string of the molecule is Nc1cc(Cl)c2c(c1)N=C[N+]2([O-])c1ccccc1. The Hall–Kier alpha value is -1.88. The van der Waals surface area contributed by atoms with Gasteiger partial charge in [-0.25, -0.2) is 4.65 Å². The molecule has 1 aliphatic rings. The minimum absolute atomic E-state index is 0.335. The second-order valence-electron chi connectivity index (χ2n) is 4.11. The van der Waals surface area contributed by atoms with Gasteiger partial charge in [-0.05, 0) is 12.1 Å². The summed E-state index contributed by atoms with van der Waals surface area (Å²) in [7, 11) is 0. The molecule has 0 saturated heterocycles. The Balaban J connectivity index is 2.24. The molecule has 1 unspecified atom stereocenters. The molecule has 0 bridgehead atoms. The molecule has 0 amide bonds. The van der Waals surface area contributed by atoms with Crippen LogP contribution in [-0.2, 0) is 0 Å². The Morgan fingerprint density at radius 1 is 1.17 bits per heavy atom. The molecule has 0 saturated carbocycles. The number of nitrogen functional groups attached to an aromatic ring is 1. The highest BCUT2D eigenvalue weighted by atomic mass is 35.5. The third kappa shape index (κ3) is 1.51. The van der Waals surface area contributed by atoms with E-state index in [2.05, 4.69) is 4.99 Å². The standard InChI is InChI=1S/C13H10ClN3O/c14-11-6-9(15)7-12-13(11)17(18,8-16-12)10-4-2-1-3-5-10/h1-8H,15H2. The van der Waals surface area contributed by atoms with Crippen LogP contribution in [0.3, 0.4) is 0 Å². The summed E-state index contributed by atoms with van der Waals surface area (Å²) in [5, 5.41) is 13.3. The fraction of sp³-hybridized carbons (Fsp3) is 0. The Kier molecular flexibility index (Phi) is 2.38. The van der Waals surface area contributed by atoms with Gasteiger partial charge < -0.3 is 10.9 Å². The molecule has 2 aromatic rings. The van der Waals surface area contributed by atoms with E-state index < -0.39 is 4.65 Å². The molecule has 1 atom stereocenters.